The van der Waals surface area contributed by atoms with Crippen molar-refractivity contribution in [2.24, 2.45) is 11.1 Å². The zero-order valence-corrected chi connectivity index (χ0v) is 15.3. The molecule has 25 heavy (non-hydrogen) atoms. The first kappa shape index (κ1) is 18.9. The molecule has 1 aliphatic heterocycles. The minimum Gasteiger partial charge on any atom is -0.495 e. The third-order valence-corrected chi connectivity index (χ3v) is 4.26. The fourth-order valence-electron chi connectivity index (χ4n) is 2.94. The molecule has 0 radical (unpaired) electrons. The van der Waals surface area contributed by atoms with Gasteiger partial charge < -0.3 is 25.0 Å². The maximum Gasteiger partial charge on any atom is 0.405 e. The van der Waals surface area contributed by atoms with E-state index < -0.39 is 17.6 Å². The highest BCUT2D eigenvalue weighted by molar-refractivity contribution is 5.84. The molecule has 2 amide bonds. The molecule has 7 heteroatoms. The van der Waals surface area contributed by atoms with E-state index in [-0.39, 0.29) is 5.91 Å². The molecule has 0 aromatic heterocycles. The molecule has 0 bridgehead atoms. The van der Waals surface area contributed by atoms with Crippen molar-refractivity contribution >= 4 is 17.7 Å². The number of carbonyl (C=O) groups excluding carboxylic acids is 2. The van der Waals surface area contributed by atoms with Crippen LogP contribution >= 0.6 is 0 Å². The topological polar surface area (TPSA) is 85.1 Å². The van der Waals surface area contributed by atoms with Crippen molar-refractivity contribution in [3.05, 3.63) is 24.3 Å². The number of nitrogens with zero attached hydrogens (tertiary/aromatic N) is 2. The Kier molecular flexibility index (Phi) is 5.77. The number of benzene rings is 1. The lowest BCUT2D eigenvalue weighted by molar-refractivity contribution is -0.146. The van der Waals surface area contributed by atoms with Gasteiger partial charge in [-0.1, -0.05) is 32.9 Å². The first-order valence-electron chi connectivity index (χ1n) is 8.37. The Morgan fingerprint density at radius 2 is 1.72 bits per heavy atom. The van der Waals surface area contributed by atoms with E-state index in [4.69, 9.17) is 15.2 Å². The van der Waals surface area contributed by atoms with Gasteiger partial charge in [0.05, 0.1) is 12.8 Å². The third kappa shape index (κ3) is 4.55. The van der Waals surface area contributed by atoms with Crippen LogP contribution in [0.2, 0.25) is 0 Å². The number of hydrogen-bond acceptors (Lipinski definition) is 5. The van der Waals surface area contributed by atoms with Crippen LogP contribution in [0, 0.1) is 5.41 Å². The predicted octanol–water partition coefficient (Wildman–Crippen LogP) is 1.85. The lowest BCUT2D eigenvalue weighted by Gasteiger charge is -2.39. The minimum atomic E-state index is -0.930. The number of nitrogens with two attached hydrogens (primary N) is 1. The Bertz CT molecular complexity index is 619. The molecular weight excluding hydrogens is 322 g/mol. The molecule has 138 valence electrons. The summed E-state index contributed by atoms with van der Waals surface area (Å²) in [6.07, 6.45) is -1.82. The van der Waals surface area contributed by atoms with E-state index in [1.54, 1.807) is 12.0 Å². The Balaban J connectivity index is 2.05. The summed E-state index contributed by atoms with van der Waals surface area (Å²) >= 11 is 0. The molecule has 1 aliphatic rings. The van der Waals surface area contributed by atoms with E-state index in [0.717, 1.165) is 11.4 Å². The van der Waals surface area contributed by atoms with Gasteiger partial charge in [0, 0.05) is 31.6 Å². The number of para-hydroxylation sites is 2. The lowest BCUT2D eigenvalue weighted by atomic mass is 9.88. The fourth-order valence-corrected chi connectivity index (χ4v) is 2.94. The van der Waals surface area contributed by atoms with E-state index in [1.165, 1.54) is 0 Å². The van der Waals surface area contributed by atoms with Gasteiger partial charge in [0.15, 0.2) is 6.10 Å². The quantitative estimate of drug-likeness (QED) is 0.897. The Morgan fingerprint density at radius 3 is 2.24 bits per heavy atom. The van der Waals surface area contributed by atoms with Crippen LogP contribution in [0.4, 0.5) is 10.5 Å². The Hall–Kier alpha value is -2.44. The zero-order chi connectivity index (χ0) is 18.6. The molecular formula is C18H27N3O4. The van der Waals surface area contributed by atoms with Crippen LogP contribution in [0.3, 0.4) is 0 Å². The molecule has 1 unspecified atom stereocenters. The number of carbonyl (C=O) groups is 2. The molecule has 1 heterocycles. The van der Waals surface area contributed by atoms with Crippen molar-refractivity contribution in [1.29, 1.82) is 0 Å². The summed E-state index contributed by atoms with van der Waals surface area (Å²) in [6.45, 7) is 8.01. The summed E-state index contributed by atoms with van der Waals surface area (Å²) in [7, 11) is 1.65. The number of primary amides is 1. The number of anilines is 1. The highest BCUT2D eigenvalue weighted by atomic mass is 16.6. The van der Waals surface area contributed by atoms with Gasteiger partial charge in [0.2, 0.25) is 0 Å². The van der Waals surface area contributed by atoms with Crippen molar-refractivity contribution in [1.82, 2.24) is 4.90 Å². The normalized spacial score (nSPS) is 16.3. The molecule has 0 spiro atoms. The van der Waals surface area contributed by atoms with Crippen LogP contribution in [-0.2, 0) is 9.53 Å². The molecule has 1 fully saturated rings. The van der Waals surface area contributed by atoms with Crippen LogP contribution in [0.25, 0.3) is 0 Å². The zero-order valence-electron chi connectivity index (χ0n) is 15.3. The van der Waals surface area contributed by atoms with E-state index in [0.29, 0.717) is 26.2 Å². The largest absolute Gasteiger partial charge is 0.495 e. The van der Waals surface area contributed by atoms with E-state index >= 15 is 0 Å². The number of methoxy groups -OCH3 is 1. The Labute approximate surface area is 148 Å². The van der Waals surface area contributed by atoms with Gasteiger partial charge in [0.1, 0.15) is 5.75 Å². The highest BCUT2D eigenvalue weighted by Gasteiger charge is 2.38. The molecule has 2 rings (SSSR count). The van der Waals surface area contributed by atoms with Crippen molar-refractivity contribution in [2.45, 2.75) is 26.9 Å². The molecule has 1 saturated heterocycles. The van der Waals surface area contributed by atoms with Crippen molar-refractivity contribution in [3.8, 4) is 5.75 Å². The van der Waals surface area contributed by atoms with Crippen molar-refractivity contribution in [3.63, 3.8) is 0 Å². The molecule has 0 saturated carbocycles. The van der Waals surface area contributed by atoms with E-state index in [9.17, 15) is 9.59 Å². The summed E-state index contributed by atoms with van der Waals surface area (Å²) in [5, 5.41) is 0. The molecule has 2 N–H and O–H groups in total. The third-order valence-electron chi connectivity index (χ3n) is 4.26. The highest BCUT2D eigenvalue weighted by Crippen LogP contribution is 2.29. The monoisotopic (exact) mass is 349 g/mol. The van der Waals surface area contributed by atoms with Gasteiger partial charge in [-0.05, 0) is 12.1 Å². The predicted molar refractivity (Wildman–Crippen MR) is 95.7 cm³/mol. The van der Waals surface area contributed by atoms with Gasteiger partial charge in [-0.3, -0.25) is 4.79 Å². The molecule has 7 nitrogen and oxygen atoms in total. The molecule has 1 aromatic carbocycles. The van der Waals surface area contributed by atoms with Crippen LogP contribution in [0.15, 0.2) is 24.3 Å². The standard InChI is InChI=1S/C18H27N3O4/c1-18(2,3)15(25-17(19)23)16(22)21-11-9-20(10-12-21)13-7-5-6-8-14(13)24-4/h5-8,15H,9-12H2,1-4H3,(H2,19,23). The molecule has 1 aromatic rings. The maximum atomic E-state index is 12.8. The number of amides is 2. The average Bonchev–Trinajstić information content (AvgIpc) is 2.58. The second-order valence-electron chi connectivity index (χ2n) is 7.17. The summed E-state index contributed by atoms with van der Waals surface area (Å²) < 4.78 is 10.5. The van der Waals surface area contributed by atoms with E-state index in [1.807, 2.05) is 45.0 Å². The second kappa shape index (κ2) is 7.63. The minimum absolute atomic E-state index is 0.203. The fraction of sp³-hybridized carbons (Fsp3) is 0.556. The van der Waals surface area contributed by atoms with Crippen LogP contribution in [-0.4, -0.2) is 56.3 Å². The number of piperazine rings is 1. The lowest BCUT2D eigenvalue weighted by Crippen LogP contribution is -2.55. The summed E-state index contributed by atoms with van der Waals surface area (Å²) in [6, 6.07) is 7.82. The average molecular weight is 349 g/mol. The Morgan fingerprint density at radius 1 is 1.12 bits per heavy atom. The first-order valence-corrected chi connectivity index (χ1v) is 8.37. The SMILES string of the molecule is COc1ccccc1N1CCN(C(=O)C(OC(N)=O)C(C)(C)C)CC1. The number of rotatable bonds is 4. The van der Waals surface area contributed by atoms with Gasteiger partial charge in [-0.25, -0.2) is 4.79 Å². The van der Waals surface area contributed by atoms with Gasteiger partial charge in [-0.2, -0.15) is 0 Å². The van der Waals surface area contributed by atoms with Gasteiger partial charge >= 0.3 is 6.09 Å². The summed E-state index contributed by atoms with van der Waals surface area (Å²) in [5.41, 5.74) is 5.62. The van der Waals surface area contributed by atoms with Gasteiger partial charge in [0.25, 0.3) is 5.91 Å². The number of ether oxygens (including phenoxy) is 2. The molecule has 1 atom stereocenters. The van der Waals surface area contributed by atoms with Crippen molar-refractivity contribution in [2.75, 3.05) is 38.2 Å². The molecule has 0 aliphatic carbocycles. The number of hydrogen-bond donors (Lipinski definition) is 1. The van der Waals surface area contributed by atoms with Crippen LogP contribution in [0.5, 0.6) is 5.75 Å². The van der Waals surface area contributed by atoms with E-state index in [2.05, 4.69) is 4.90 Å². The van der Waals surface area contributed by atoms with Crippen LogP contribution < -0.4 is 15.4 Å². The maximum absolute atomic E-state index is 12.8. The van der Waals surface area contributed by atoms with Crippen LogP contribution in [0.1, 0.15) is 20.8 Å². The first-order chi connectivity index (χ1) is 11.7. The summed E-state index contributed by atoms with van der Waals surface area (Å²) in [5.74, 6) is 0.609. The second-order valence-corrected chi connectivity index (χ2v) is 7.17. The van der Waals surface area contributed by atoms with Gasteiger partial charge in [-0.15, -0.1) is 0 Å². The van der Waals surface area contributed by atoms with Crippen molar-refractivity contribution < 1.29 is 19.1 Å². The summed E-state index contributed by atoms with van der Waals surface area (Å²) in [4.78, 5) is 27.9. The smallest absolute Gasteiger partial charge is 0.405 e.